The Morgan fingerprint density at radius 1 is 1.29 bits per heavy atom. The summed E-state index contributed by atoms with van der Waals surface area (Å²) in [5, 5.41) is 3.07. The molecule has 1 aromatic rings. The molecule has 0 aliphatic carbocycles. The third-order valence-corrected chi connectivity index (χ3v) is 5.64. The number of sulfonamides is 1. The van der Waals surface area contributed by atoms with E-state index in [-0.39, 0.29) is 11.9 Å². The van der Waals surface area contributed by atoms with Crippen molar-refractivity contribution in [1.82, 2.24) is 9.62 Å². The highest BCUT2D eigenvalue weighted by atomic mass is 32.2. The number of hydrogen-bond donors (Lipinski definition) is 1. The van der Waals surface area contributed by atoms with Crippen LogP contribution in [0.5, 0.6) is 0 Å². The first-order valence-electron chi connectivity index (χ1n) is 7.28. The van der Waals surface area contributed by atoms with Gasteiger partial charge < -0.3 is 10.1 Å². The molecule has 0 amide bonds. The summed E-state index contributed by atoms with van der Waals surface area (Å²) in [5.74, 6) is 0.0588. The van der Waals surface area contributed by atoms with E-state index in [1.165, 1.54) is 0 Å². The molecule has 118 valence electrons. The van der Waals surface area contributed by atoms with Gasteiger partial charge in [0.1, 0.15) is 0 Å². The molecule has 1 aliphatic rings. The predicted octanol–water partition coefficient (Wildman–Crippen LogP) is 1.35. The molecule has 1 atom stereocenters. The van der Waals surface area contributed by atoms with Crippen LogP contribution in [-0.4, -0.2) is 46.1 Å². The fourth-order valence-electron chi connectivity index (χ4n) is 2.61. The maximum absolute atomic E-state index is 12.5. The largest absolute Gasteiger partial charge is 0.380 e. The van der Waals surface area contributed by atoms with Gasteiger partial charge in [-0.3, -0.25) is 0 Å². The van der Waals surface area contributed by atoms with Gasteiger partial charge in [-0.1, -0.05) is 24.3 Å². The van der Waals surface area contributed by atoms with E-state index in [1.54, 1.807) is 11.4 Å². The maximum Gasteiger partial charge on any atom is 0.218 e. The Bertz CT molecular complexity index is 543. The average Bonchev–Trinajstić information content (AvgIpc) is 2.49. The van der Waals surface area contributed by atoms with Gasteiger partial charge in [-0.2, -0.15) is 4.31 Å². The SMILES string of the molecule is CNCc1ccc(CS(=O)(=O)N2CCCC(OC)C2)cc1. The van der Waals surface area contributed by atoms with E-state index in [1.807, 2.05) is 31.3 Å². The second-order valence-corrected chi connectivity index (χ2v) is 7.43. The summed E-state index contributed by atoms with van der Waals surface area (Å²) in [5.41, 5.74) is 1.98. The maximum atomic E-state index is 12.5. The first kappa shape index (κ1) is 16.4. The minimum Gasteiger partial charge on any atom is -0.380 e. The van der Waals surface area contributed by atoms with E-state index >= 15 is 0 Å². The Morgan fingerprint density at radius 2 is 1.95 bits per heavy atom. The molecular formula is C15H24N2O3S. The molecule has 0 aromatic heterocycles. The second-order valence-electron chi connectivity index (χ2n) is 5.46. The van der Waals surface area contributed by atoms with Crippen LogP contribution in [0, 0.1) is 0 Å². The van der Waals surface area contributed by atoms with Crippen molar-refractivity contribution in [2.75, 3.05) is 27.2 Å². The lowest BCUT2D eigenvalue weighted by atomic mass is 10.1. The molecule has 2 rings (SSSR count). The summed E-state index contributed by atoms with van der Waals surface area (Å²) in [6.45, 7) is 1.85. The van der Waals surface area contributed by atoms with Crippen LogP contribution >= 0.6 is 0 Å². The molecule has 0 spiro atoms. The number of methoxy groups -OCH3 is 1. The van der Waals surface area contributed by atoms with Crippen molar-refractivity contribution in [2.45, 2.75) is 31.2 Å². The summed E-state index contributed by atoms with van der Waals surface area (Å²) in [6, 6.07) is 7.72. The zero-order valence-electron chi connectivity index (χ0n) is 12.7. The van der Waals surface area contributed by atoms with E-state index in [2.05, 4.69) is 5.32 Å². The van der Waals surface area contributed by atoms with Gasteiger partial charge in [-0.05, 0) is 31.0 Å². The van der Waals surface area contributed by atoms with Crippen molar-refractivity contribution in [3.05, 3.63) is 35.4 Å². The molecule has 0 bridgehead atoms. The third-order valence-electron chi connectivity index (χ3n) is 3.82. The molecule has 1 unspecified atom stereocenters. The Labute approximate surface area is 127 Å². The topological polar surface area (TPSA) is 58.6 Å². The summed E-state index contributed by atoms with van der Waals surface area (Å²) in [7, 11) is 0.263. The number of nitrogens with zero attached hydrogens (tertiary/aromatic N) is 1. The molecular weight excluding hydrogens is 288 g/mol. The van der Waals surface area contributed by atoms with Crippen LogP contribution in [0.3, 0.4) is 0 Å². The van der Waals surface area contributed by atoms with Gasteiger partial charge in [-0.25, -0.2) is 8.42 Å². The minimum absolute atomic E-state index is 0.0199. The van der Waals surface area contributed by atoms with Crippen LogP contribution in [0.2, 0.25) is 0 Å². The zero-order chi connectivity index (χ0) is 15.3. The predicted molar refractivity (Wildman–Crippen MR) is 83.4 cm³/mol. The first-order valence-corrected chi connectivity index (χ1v) is 8.89. The molecule has 1 N–H and O–H groups in total. The van der Waals surface area contributed by atoms with Crippen molar-refractivity contribution >= 4 is 10.0 Å². The zero-order valence-corrected chi connectivity index (χ0v) is 13.5. The van der Waals surface area contributed by atoms with Crippen LogP contribution in [-0.2, 0) is 27.1 Å². The summed E-state index contributed by atoms with van der Waals surface area (Å²) in [4.78, 5) is 0. The van der Waals surface area contributed by atoms with E-state index in [4.69, 9.17) is 4.74 Å². The number of benzene rings is 1. The highest BCUT2D eigenvalue weighted by Gasteiger charge is 2.28. The summed E-state index contributed by atoms with van der Waals surface area (Å²) < 4.78 is 31.8. The Balaban J connectivity index is 2.02. The van der Waals surface area contributed by atoms with Crippen molar-refractivity contribution in [2.24, 2.45) is 0 Å². The van der Waals surface area contributed by atoms with E-state index < -0.39 is 10.0 Å². The fraction of sp³-hybridized carbons (Fsp3) is 0.600. The lowest BCUT2D eigenvalue weighted by Gasteiger charge is -2.31. The molecule has 1 aliphatic heterocycles. The molecule has 21 heavy (non-hydrogen) atoms. The fourth-order valence-corrected chi connectivity index (χ4v) is 4.21. The monoisotopic (exact) mass is 312 g/mol. The standard InChI is InChI=1S/C15H24N2O3S/c1-16-10-13-5-7-14(8-6-13)12-21(18,19)17-9-3-4-15(11-17)20-2/h5-8,15-16H,3-4,9-12H2,1-2H3. The number of ether oxygens (including phenoxy) is 1. The smallest absolute Gasteiger partial charge is 0.218 e. The lowest BCUT2D eigenvalue weighted by molar-refractivity contribution is 0.0571. The van der Waals surface area contributed by atoms with Crippen LogP contribution in [0.15, 0.2) is 24.3 Å². The van der Waals surface area contributed by atoms with Gasteiger partial charge in [0, 0.05) is 26.7 Å². The van der Waals surface area contributed by atoms with Gasteiger partial charge in [0.15, 0.2) is 0 Å². The Morgan fingerprint density at radius 3 is 2.57 bits per heavy atom. The molecule has 1 aromatic carbocycles. The van der Waals surface area contributed by atoms with Gasteiger partial charge in [0.25, 0.3) is 0 Å². The number of hydrogen-bond acceptors (Lipinski definition) is 4. The van der Waals surface area contributed by atoms with Gasteiger partial charge >= 0.3 is 0 Å². The number of piperidine rings is 1. The molecule has 6 heteroatoms. The number of rotatable bonds is 6. The quantitative estimate of drug-likeness (QED) is 0.861. The van der Waals surface area contributed by atoms with E-state index in [0.29, 0.717) is 13.1 Å². The van der Waals surface area contributed by atoms with E-state index in [9.17, 15) is 8.42 Å². The Kier molecular flexibility index (Phi) is 5.75. The highest BCUT2D eigenvalue weighted by molar-refractivity contribution is 7.88. The minimum atomic E-state index is -3.27. The average molecular weight is 312 g/mol. The molecule has 0 saturated carbocycles. The van der Waals surface area contributed by atoms with E-state index in [0.717, 1.165) is 30.5 Å². The highest BCUT2D eigenvalue weighted by Crippen LogP contribution is 2.19. The molecule has 5 nitrogen and oxygen atoms in total. The van der Waals surface area contributed by atoms with Crippen molar-refractivity contribution in [3.63, 3.8) is 0 Å². The molecule has 1 heterocycles. The van der Waals surface area contributed by atoms with Crippen molar-refractivity contribution < 1.29 is 13.2 Å². The molecule has 0 radical (unpaired) electrons. The van der Waals surface area contributed by atoms with Gasteiger partial charge in [-0.15, -0.1) is 0 Å². The van der Waals surface area contributed by atoms with Crippen molar-refractivity contribution in [3.8, 4) is 0 Å². The normalized spacial score (nSPS) is 20.6. The molecule has 1 fully saturated rings. The first-order chi connectivity index (χ1) is 10.0. The second kappa shape index (κ2) is 7.35. The van der Waals surface area contributed by atoms with Gasteiger partial charge in [0.2, 0.25) is 10.0 Å². The summed E-state index contributed by atoms with van der Waals surface area (Å²) in [6.07, 6.45) is 1.81. The number of nitrogens with one attached hydrogen (secondary N) is 1. The van der Waals surface area contributed by atoms with Crippen molar-refractivity contribution in [1.29, 1.82) is 0 Å². The third kappa shape index (κ3) is 4.51. The summed E-state index contributed by atoms with van der Waals surface area (Å²) >= 11 is 0. The van der Waals surface area contributed by atoms with Crippen LogP contribution in [0.25, 0.3) is 0 Å². The van der Waals surface area contributed by atoms with Crippen LogP contribution < -0.4 is 5.32 Å². The Hall–Kier alpha value is -0.950. The van der Waals surface area contributed by atoms with Crippen LogP contribution in [0.1, 0.15) is 24.0 Å². The van der Waals surface area contributed by atoms with Crippen LogP contribution in [0.4, 0.5) is 0 Å². The van der Waals surface area contributed by atoms with Gasteiger partial charge in [0.05, 0.1) is 11.9 Å². The molecule has 1 saturated heterocycles. The lowest BCUT2D eigenvalue weighted by Crippen LogP contribution is -2.43.